The number of hydrogen-bond acceptors (Lipinski definition) is 3. The van der Waals surface area contributed by atoms with Crippen LogP contribution in [0.5, 0.6) is 0 Å². The number of aryl methyl sites for hydroxylation is 2. The van der Waals surface area contributed by atoms with Crippen molar-refractivity contribution in [1.82, 2.24) is 10.2 Å². The standard InChI is InChI=1S/C23H30N2OS/c1-18-9-11-22(12-10-18)27-15-13-24-23(26)21-8-5-14-25(17-21)16-20-7-4-3-6-19(20)2/h3-4,6-7,9-12,21H,5,8,13-17H2,1-2H3,(H,24,26). The molecule has 0 aromatic heterocycles. The smallest absolute Gasteiger partial charge is 0.224 e. The first-order chi connectivity index (χ1) is 13.1. The van der Waals surface area contributed by atoms with Gasteiger partial charge in [-0.2, -0.15) is 0 Å². The van der Waals surface area contributed by atoms with E-state index < -0.39 is 0 Å². The number of carbonyl (C=O) groups is 1. The molecule has 1 aliphatic heterocycles. The van der Waals surface area contributed by atoms with Crippen LogP contribution in [0, 0.1) is 19.8 Å². The summed E-state index contributed by atoms with van der Waals surface area (Å²) in [4.78, 5) is 16.3. The molecular formula is C23H30N2OS. The first-order valence-electron chi connectivity index (χ1n) is 9.86. The van der Waals surface area contributed by atoms with Crippen LogP contribution in [0.2, 0.25) is 0 Å². The van der Waals surface area contributed by atoms with Gasteiger partial charge in [-0.15, -0.1) is 11.8 Å². The lowest BCUT2D eigenvalue weighted by atomic mass is 9.96. The molecule has 1 amide bonds. The van der Waals surface area contributed by atoms with E-state index >= 15 is 0 Å². The van der Waals surface area contributed by atoms with E-state index in [0.717, 1.165) is 44.8 Å². The minimum atomic E-state index is 0.118. The lowest BCUT2D eigenvalue weighted by Crippen LogP contribution is -2.43. The minimum Gasteiger partial charge on any atom is -0.355 e. The number of likely N-dealkylation sites (tertiary alicyclic amines) is 1. The van der Waals surface area contributed by atoms with E-state index in [9.17, 15) is 4.79 Å². The highest BCUT2D eigenvalue weighted by molar-refractivity contribution is 7.99. The van der Waals surface area contributed by atoms with Crippen molar-refractivity contribution >= 4 is 17.7 Å². The Morgan fingerprint density at radius 3 is 2.70 bits per heavy atom. The van der Waals surface area contributed by atoms with Crippen LogP contribution in [0.1, 0.15) is 29.5 Å². The molecule has 0 bridgehead atoms. The molecule has 1 unspecified atom stereocenters. The zero-order valence-corrected chi connectivity index (χ0v) is 17.2. The van der Waals surface area contributed by atoms with Crippen molar-refractivity contribution in [3.8, 4) is 0 Å². The van der Waals surface area contributed by atoms with Gasteiger partial charge in [0.05, 0.1) is 5.92 Å². The summed E-state index contributed by atoms with van der Waals surface area (Å²) in [6.07, 6.45) is 2.10. The molecule has 0 saturated carbocycles. The van der Waals surface area contributed by atoms with Crippen molar-refractivity contribution in [3.63, 3.8) is 0 Å². The van der Waals surface area contributed by atoms with Gasteiger partial charge in [0.2, 0.25) is 5.91 Å². The molecule has 2 aromatic carbocycles. The average molecular weight is 383 g/mol. The predicted octanol–water partition coefficient (Wildman–Crippen LogP) is 4.42. The maximum atomic E-state index is 12.6. The van der Waals surface area contributed by atoms with Crippen molar-refractivity contribution in [2.75, 3.05) is 25.4 Å². The van der Waals surface area contributed by atoms with Crippen molar-refractivity contribution in [3.05, 3.63) is 65.2 Å². The third kappa shape index (κ3) is 6.12. The molecule has 144 valence electrons. The Labute approximate surface area is 167 Å². The van der Waals surface area contributed by atoms with Crippen LogP contribution in [0.15, 0.2) is 53.4 Å². The number of thioether (sulfide) groups is 1. The Balaban J connectivity index is 1.41. The molecule has 27 heavy (non-hydrogen) atoms. The van der Waals surface area contributed by atoms with Crippen molar-refractivity contribution in [2.24, 2.45) is 5.92 Å². The van der Waals surface area contributed by atoms with Crippen molar-refractivity contribution in [2.45, 2.75) is 38.1 Å². The van der Waals surface area contributed by atoms with E-state index in [2.05, 4.69) is 72.6 Å². The Hall–Kier alpha value is -1.78. The predicted molar refractivity (Wildman–Crippen MR) is 114 cm³/mol. The summed E-state index contributed by atoms with van der Waals surface area (Å²) in [5, 5.41) is 3.14. The van der Waals surface area contributed by atoms with Gasteiger partial charge in [-0.05, 0) is 56.5 Å². The van der Waals surface area contributed by atoms with Gasteiger partial charge in [-0.1, -0.05) is 42.0 Å². The molecule has 0 aliphatic carbocycles. The molecular weight excluding hydrogens is 352 g/mol. The Bertz CT molecular complexity index is 744. The molecule has 3 rings (SSSR count). The lowest BCUT2D eigenvalue weighted by Gasteiger charge is -2.32. The second kappa shape index (κ2) is 9.95. The number of rotatable bonds is 7. The highest BCUT2D eigenvalue weighted by atomic mass is 32.2. The van der Waals surface area contributed by atoms with Gasteiger partial charge in [0.25, 0.3) is 0 Å². The van der Waals surface area contributed by atoms with Gasteiger partial charge in [0, 0.05) is 30.3 Å². The van der Waals surface area contributed by atoms with E-state index in [1.807, 2.05) is 0 Å². The molecule has 1 saturated heterocycles. The summed E-state index contributed by atoms with van der Waals surface area (Å²) in [6, 6.07) is 17.1. The highest BCUT2D eigenvalue weighted by Gasteiger charge is 2.25. The number of nitrogens with zero attached hydrogens (tertiary/aromatic N) is 1. The van der Waals surface area contributed by atoms with Crippen LogP contribution in [0.25, 0.3) is 0 Å². The summed E-state index contributed by atoms with van der Waals surface area (Å²) < 4.78 is 0. The lowest BCUT2D eigenvalue weighted by molar-refractivity contribution is -0.126. The monoisotopic (exact) mass is 382 g/mol. The molecule has 1 heterocycles. The van der Waals surface area contributed by atoms with E-state index in [1.54, 1.807) is 11.8 Å². The van der Waals surface area contributed by atoms with Gasteiger partial charge < -0.3 is 5.32 Å². The van der Waals surface area contributed by atoms with Gasteiger partial charge in [0.15, 0.2) is 0 Å². The molecule has 0 radical (unpaired) electrons. The number of benzene rings is 2. The molecule has 3 nitrogen and oxygen atoms in total. The minimum absolute atomic E-state index is 0.118. The third-order valence-corrected chi connectivity index (χ3v) is 6.24. The van der Waals surface area contributed by atoms with Gasteiger partial charge in [-0.3, -0.25) is 9.69 Å². The summed E-state index contributed by atoms with van der Waals surface area (Å²) in [5.74, 6) is 1.25. The van der Waals surface area contributed by atoms with Crippen molar-refractivity contribution in [1.29, 1.82) is 0 Å². The zero-order chi connectivity index (χ0) is 19.1. The van der Waals surface area contributed by atoms with Gasteiger partial charge >= 0.3 is 0 Å². The number of carbonyl (C=O) groups excluding carboxylic acids is 1. The summed E-state index contributed by atoms with van der Waals surface area (Å²) in [5.41, 5.74) is 3.98. The van der Waals surface area contributed by atoms with E-state index in [0.29, 0.717) is 0 Å². The number of hydrogen-bond donors (Lipinski definition) is 1. The fraction of sp³-hybridized carbons (Fsp3) is 0.435. The molecule has 2 aromatic rings. The molecule has 1 atom stereocenters. The molecule has 1 aliphatic rings. The van der Waals surface area contributed by atoms with E-state index in [4.69, 9.17) is 0 Å². The number of amides is 1. The zero-order valence-electron chi connectivity index (χ0n) is 16.4. The topological polar surface area (TPSA) is 32.3 Å². The van der Waals surface area contributed by atoms with Gasteiger partial charge in [-0.25, -0.2) is 0 Å². The third-order valence-electron chi connectivity index (χ3n) is 5.22. The second-order valence-corrected chi connectivity index (χ2v) is 8.62. The Morgan fingerprint density at radius 2 is 1.93 bits per heavy atom. The molecule has 0 spiro atoms. The highest BCUT2D eigenvalue weighted by Crippen LogP contribution is 2.21. The SMILES string of the molecule is Cc1ccc(SCCNC(=O)C2CCCN(Cc3ccccc3C)C2)cc1. The molecule has 1 fully saturated rings. The fourth-order valence-electron chi connectivity index (χ4n) is 3.56. The summed E-state index contributed by atoms with van der Waals surface area (Å²) in [6.45, 7) is 7.88. The Kier molecular flexibility index (Phi) is 7.36. The average Bonchev–Trinajstić information content (AvgIpc) is 2.68. The van der Waals surface area contributed by atoms with Crippen LogP contribution in [-0.4, -0.2) is 36.2 Å². The number of nitrogens with one attached hydrogen (secondary N) is 1. The van der Waals surface area contributed by atoms with Gasteiger partial charge in [0.1, 0.15) is 0 Å². The quantitative estimate of drug-likeness (QED) is 0.568. The normalized spacial score (nSPS) is 17.6. The van der Waals surface area contributed by atoms with Crippen LogP contribution in [0.4, 0.5) is 0 Å². The molecule has 1 N–H and O–H groups in total. The van der Waals surface area contributed by atoms with Crippen LogP contribution < -0.4 is 5.32 Å². The maximum Gasteiger partial charge on any atom is 0.224 e. The maximum absolute atomic E-state index is 12.6. The summed E-state index contributed by atoms with van der Waals surface area (Å²) >= 11 is 1.80. The second-order valence-electron chi connectivity index (χ2n) is 7.45. The largest absolute Gasteiger partial charge is 0.355 e. The van der Waals surface area contributed by atoms with Crippen LogP contribution in [-0.2, 0) is 11.3 Å². The summed E-state index contributed by atoms with van der Waals surface area (Å²) in [7, 11) is 0. The van der Waals surface area contributed by atoms with Crippen molar-refractivity contribution < 1.29 is 4.79 Å². The molecule has 4 heteroatoms. The number of piperidine rings is 1. The van der Waals surface area contributed by atoms with Crippen LogP contribution in [0.3, 0.4) is 0 Å². The van der Waals surface area contributed by atoms with E-state index in [-0.39, 0.29) is 11.8 Å². The fourth-order valence-corrected chi connectivity index (χ4v) is 4.33. The van der Waals surface area contributed by atoms with E-state index in [1.165, 1.54) is 21.6 Å². The van der Waals surface area contributed by atoms with Crippen LogP contribution >= 0.6 is 11.8 Å². The Morgan fingerprint density at radius 1 is 1.15 bits per heavy atom. The first kappa shape index (κ1) is 20.0. The first-order valence-corrected chi connectivity index (χ1v) is 10.8.